The second-order valence-electron chi connectivity index (χ2n) is 5.42. The lowest BCUT2D eigenvalue weighted by atomic mass is 10.1. The quantitative estimate of drug-likeness (QED) is 0.887. The Hall–Kier alpha value is -2.07. The van der Waals surface area contributed by atoms with Gasteiger partial charge < -0.3 is 15.0 Å². The van der Waals surface area contributed by atoms with Crippen molar-refractivity contribution in [2.24, 2.45) is 7.05 Å². The van der Waals surface area contributed by atoms with Crippen LogP contribution in [0.1, 0.15) is 39.7 Å². The summed E-state index contributed by atoms with van der Waals surface area (Å²) in [6.45, 7) is 4.38. The molecule has 4 heteroatoms. The lowest BCUT2D eigenvalue weighted by Gasteiger charge is -2.13. The van der Waals surface area contributed by atoms with E-state index in [4.69, 9.17) is 0 Å². The molecule has 2 aromatic rings. The zero-order valence-electron chi connectivity index (χ0n) is 12.8. The van der Waals surface area contributed by atoms with Gasteiger partial charge in [-0.25, -0.2) is 0 Å². The van der Waals surface area contributed by atoms with Crippen molar-refractivity contribution in [2.45, 2.75) is 26.4 Å². The number of amides is 1. The Labute approximate surface area is 125 Å². The highest BCUT2D eigenvalue weighted by molar-refractivity contribution is 5.95. The molecule has 0 bridgehead atoms. The van der Waals surface area contributed by atoms with Gasteiger partial charge >= 0.3 is 0 Å². The third kappa shape index (κ3) is 3.73. The van der Waals surface area contributed by atoms with Gasteiger partial charge in [-0.1, -0.05) is 17.7 Å². The second-order valence-corrected chi connectivity index (χ2v) is 5.42. The summed E-state index contributed by atoms with van der Waals surface area (Å²) in [5, 5.41) is 13.0. The maximum absolute atomic E-state index is 12.1. The van der Waals surface area contributed by atoms with Crippen molar-refractivity contribution in [1.82, 2.24) is 9.88 Å². The first kappa shape index (κ1) is 15.3. The summed E-state index contributed by atoms with van der Waals surface area (Å²) < 4.78 is 1.89. The molecule has 0 fully saturated rings. The molecule has 0 aliphatic rings. The summed E-state index contributed by atoms with van der Waals surface area (Å²) in [6, 6.07) is 9.55. The fourth-order valence-corrected chi connectivity index (χ4v) is 2.45. The minimum absolute atomic E-state index is 0.0911. The van der Waals surface area contributed by atoms with Crippen LogP contribution in [0.25, 0.3) is 0 Å². The smallest absolute Gasteiger partial charge is 0.251 e. The maximum atomic E-state index is 12.1. The van der Waals surface area contributed by atoms with Gasteiger partial charge in [0.05, 0.1) is 6.10 Å². The lowest BCUT2D eigenvalue weighted by Crippen LogP contribution is -2.26. The van der Waals surface area contributed by atoms with E-state index in [1.165, 1.54) is 0 Å². The zero-order chi connectivity index (χ0) is 15.4. The fraction of sp³-hybridized carbons (Fsp3) is 0.353. The first-order valence-electron chi connectivity index (χ1n) is 7.14. The van der Waals surface area contributed by atoms with Crippen LogP contribution in [0.15, 0.2) is 36.5 Å². The van der Waals surface area contributed by atoms with Crippen LogP contribution >= 0.6 is 0 Å². The van der Waals surface area contributed by atoms with E-state index < -0.39 is 6.10 Å². The highest BCUT2D eigenvalue weighted by Gasteiger charge is 2.12. The third-order valence-corrected chi connectivity index (χ3v) is 3.66. The number of rotatable bonds is 5. The van der Waals surface area contributed by atoms with Gasteiger partial charge in [-0.15, -0.1) is 0 Å². The molecule has 0 saturated carbocycles. The summed E-state index contributed by atoms with van der Waals surface area (Å²) in [7, 11) is 1.90. The van der Waals surface area contributed by atoms with Crippen LogP contribution in [0.5, 0.6) is 0 Å². The molecule has 21 heavy (non-hydrogen) atoms. The van der Waals surface area contributed by atoms with E-state index >= 15 is 0 Å². The molecule has 0 aliphatic carbocycles. The Kier molecular flexibility index (Phi) is 4.81. The van der Waals surface area contributed by atoms with Crippen molar-refractivity contribution in [3.63, 3.8) is 0 Å². The predicted octanol–water partition coefficient (Wildman–Crippen LogP) is 2.50. The zero-order valence-corrected chi connectivity index (χ0v) is 12.8. The normalized spacial score (nSPS) is 12.2. The number of aryl methyl sites for hydroxylation is 3. The van der Waals surface area contributed by atoms with Gasteiger partial charge in [0.1, 0.15) is 0 Å². The molecular weight excluding hydrogens is 264 g/mol. The van der Waals surface area contributed by atoms with Gasteiger partial charge in [0.2, 0.25) is 0 Å². The van der Waals surface area contributed by atoms with Crippen molar-refractivity contribution in [3.8, 4) is 0 Å². The van der Waals surface area contributed by atoms with E-state index in [-0.39, 0.29) is 5.91 Å². The van der Waals surface area contributed by atoms with Crippen LogP contribution in [0.3, 0.4) is 0 Å². The number of carbonyl (C=O) groups is 1. The lowest BCUT2D eigenvalue weighted by molar-refractivity contribution is 0.0940. The number of aromatic nitrogens is 1. The topological polar surface area (TPSA) is 54.3 Å². The van der Waals surface area contributed by atoms with Crippen LogP contribution in [0, 0.1) is 13.8 Å². The Balaban J connectivity index is 1.88. The Morgan fingerprint density at radius 1 is 1.33 bits per heavy atom. The Morgan fingerprint density at radius 2 is 2.10 bits per heavy atom. The Bertz CT molecular complexity index is 631. The average Bonchev–Trinajstić information content (AvgIpc) is 2.84. The third-order valence-electron chi connectivity index (χ3n) is 3.66. The standard InChI is InChI=1S/C17H22N2O2/c1-12-6-7-14(13(2)11-12)17(21)18-9-8-16(20)15-5-4-10-19(15)3/h4-7,10-11,16,20H,8-9H2,1-3H3,(H,18,21). The second kappa shape index (κ2) is 6.59. The molecule has 1 aromatic heterocycles. The first-order valence-corrected chi connectivity index (χ1v) is 7.14. The number of aliphatic hydroxyl groups excluding tert-OH is 1. The highest BCUT2D eigenvalue weighted by atomic mass is 16.3. The molecule has 1 amide bonds. The molecule has 2 N–H and O–H groups in total. The van der Waals surface area contributed by atoms with E-state index in [1.54, 1.807) is 0 Å². The molecule has 0 spiro atoms. The van der Waals surface area contributed by atoms with Gasteiger partial charge in [-0.2, -0.15) is 0 Å². The first-order chi connectivity index (χ1) is 9.99. The number of aliphatic hydroxyl groups is 1. The largest absolute Gasteiger partial charge is 0.387 e. The number of benzene rings is 1. The van der Waals surface area contributed by atoms with Crippen molar-refractivity contribution >= 4 is 5.91 Å². The van der Waals surface area contributed by atoms with Gasteiger partial charge in [0.25, 0.3) is 5.91 Å². The molecule has 1 heterocycles. The minimum Gasteiger partial charge on any atom is -0.387 e. The number of nitrogens with zero attached hydrogens (tertiary/aromatic N) is 1. The van der Waals surface area contributed by atoms with Crippen LogP contribution in [-0.4, -0.2) is 22.1 Å². The summed E-state index contributed by atoms with van der Waals surface area (Å²) in [5.41, 5.74) is 3.66. The van der Waals surface area contributed by atoms with Gasteiger partial charge in [-0.05, 0) is 44.0 Å². The summed E-state index contributed by atoms with van der Waals surface area (Å²) >= 11 is 0. The van der Waals surface area contributed by atoms with Gasteiger partial charge in [-0.3, -0.25) is 4.79 Å². The molecule has 2 rings (SSSR count). The van der Waals surface area contributed by atoms with Crippen molar-refractivity contribution in [3.05, 3.63) is 58.9 Å². The van der Waals surface area contributed by atoms with Crippen molar-refractivity contribution in [2.75, 3.05) is 6.54 Å². The SMILES string of the molecule is Cc1ccc(C(=O)NCCC(O)c2cccn2C)c(C)c1. The number of carbonyl (C=O) groups excluding carboxylic acids is 1. The molecule has 1 aromatic carbocycles. The van der Waals surface area contributed by atoms with E-state index in [2.05, 4.69) is 5.32 Å². The number of hydrogen-bond acceptors (Lipinski definition) is 2. The van der Waals surface area contributed by atoms with Crippen molar-refractivity contribution in [1.29, 1.82) is 0 Å². The summed E-state index contributed by atoms with van der Waals surface area (Å²) in [5.74, 6) is -0.0911. The van der Waals surface area contributed by atoms with Crippen LogP contribution < -0.4 is 5.32 Å². The van der Waals surface area contributed by atoms with Crippen LogP contribution in [0.4, 0.5) is 0 Å². The molecule has 0 radical (unpaired) electrons. The fourth-order valence-electron chi connectivity index (χ4n) is 2.45. The highest BCUT2D eigenvalue weighted by Crippen LogP contribution is 2.16. The molecule has 0 aliphatic heterocycles. The van der Waals surface area contributed by atoms with Crippen LogP contribution in [-0.2, 0) is 7.05 Å². The summed E-state index contributed by atoms with van der Waals surface area (Å²) in [4.78, 5) is 12.1. The van der Waals surface area contributed by atoms with E-state index in [0.29, 0.717) is 18.5 Å². The van der Waals surface area contributed by atoms with Gasteiger partial charge in [0.15, 0.2) is 0 Å². The van der Waals surface area contributed by atoms with Gasteiger partial charge in [0, 0.05) is 31.0 Å². The summed E-state index contributed by atoms with van der Waals surface area (Å²) in [6.07, 6.45) is 1.82. The number of hydrogen-bond donors (Lipinski definition) is 2. The molecule has 0 saturated heterocycles. The molecule has 1 unspecified atom stereocenters. The predicted molar refractivity (Wildman–Crippen MR) is 83.2 cm³/mol. The van der Waals surface area contributed by atoms with Crippen molar-refractivity contribution < 1.29 is 9.90 Å². The minimum atomic E-state index is -0.565. The number of nitrogens with one attached hydrogen (secondary N) is 1. The molecular formula is C17H22N2O2. The van der Waals surface area contributed by atoms with E-state index in [9.17, 15) is 9.90 Å². The van der Waals surface area contributed by atoms with E-state index in [0.717, 1.165) is 16.8 Å². The Morgan fingerprint density at radius 3 is 2.71 bits per heavy atom. The monoisotopic (exact) mass is 286 g/mol. The molecule has 1 atom stereocenters. The van der Waals surface area contributed by atoms with E-state index in [1.807, 2.05) is 62.0 Å². The maximum Gasteiger partial charge on any atom is 0.251 e. The average molecular weight is 286 g/mol. The molecule has 112 valence electrons. The molecule has 4 nitrogen and oxygen atoms in total. The van der Waals surface area contributed by atoms with Crippen LogP contribution in [0.2, 0.25) is 0 Å².